The first-order valence-electron chi connectivity index (χ1n) is 23.1. The first kappa shape index (κ1) is 38.1. The quantitative estimate of drug-likeness (QED) is 0.144. The third kappa shape index (κ3) is 6.62. The maximum absolute atomic E-state index is 2.44. The monoisotopic (exact) mass is 794 g/mol. The molecule has 0 N–H and O–H groups in total. The topological polar surface area (TPSA) is 6.48 Å². The Morgan fingerprint density at radius 3 is 1.49 bits per heavy atom. The molecule has 4 aliphatic rings. The molecule has 4 aliphatic carbocycles. The van der Waals surface area contributed by atoms with Crippen LogP contribution >= 0.6 is 0 Å². The van der Waals surface area contributed by atoms with Gasteiger partial charge < -0.3 is 9.80 Å². The van der Waals surface area contributed by atoms with Crippen molar-refractivity contribution in [2.75, 3.05) is 9.80 Å². The van der Waals surface area contributed by atoms with Crippen molar-refractivity contribution in [2.24, 2.45) is 17.8 Å². The molecule has 0 radical (unpaired) electrons. The molecule has 2 heteroatoms. The summed E-state index contributed by atoms with van der Waals surface area (Å²) >= 11 is 0. The maximum Gasteiger partial charge on any atom is 0.0465 e. The number of nitrogens with zero attached hydrogens (tertiary/aromatic N) is 2. The van der Waals surface area contributed by atoms with E-state index in [1.165, 1.54) is 112 Å². The van der Waals surface area contributed by atoms with E-state index in [0.717, 1.165) is 36.5 Å². The summed E-state index contributed by atoms with van der Waals surface area (Å²) in [4.78, 5) is 4.88. The maximum atomic E-state index is 2.44. The molecule has 2 bridgehead atoms. The second kappa shape index (κ2) is 15.2. The van der Waals surface area contributed by atoms with E-state index in [1.54, 1.807) is 0 Å². The normalized spacial score (nSPS) is 23.3. The van der Waals surface area contributed by atoms with E-state index in [0.29, 0.717) is 0 Å². The van der Waals surface area contributed by atoms with E-state index < -0.39 is 0 Å². The molecule has 0 amide bonds. The van der Waals surface area contributed by atoms with Gasteiger partial charge in [-0.1, -0.05) is 130 Å². The van der Waals surface area contributed by atoms with Crippen molar-refractivity contribution in [1.82, 2.24) is 0 Å². The van der Waals surface area contributed by atoms with Gasteiger partial charge in [-0.05, 0) is 180 Å². The van der Waals surface area contributed by atoms with Crippen LogP contribution < -0.4 is 9.80 Å². The molecule has 11 rings (SSSR count). The van der Waals surface area contributed by atoms with Crippen LogP contribution in [-0.2, 0) is 10.8 Å². The fourth-order valence-corrected chi connectivity index (χ4v) is 12.3. The smallest absolute Gasteiger partial charge is 0.0465 e. The molecule has 2 nitrogen and oxygen atoms in total. The lowest BCUT2D eigenvalue weighted by Crippen LogP contribution is -2.32. The Morgan fingerprint density at radius 1 is 0.443 bits per heavy atom. The zero-order valence-corrected chi connectivity index (χ0v) is 36.1. The number of rotatable bonds is 9. The van der Waals surface area contributed by atoms with Crippen LogP contribution in [0.2, 0.25) is 0 Å². The number of hydrogen-bond acceptors (Lipinski definition) is 2. The van der Waals surface area contributed by atoms with Crippen molar-refractivity contribution >= 4 is 34.1 Å². The van der Waals surface area contributed by atoms with Crippen LogP contribution in [0.5, 0.6) is 0 Å². The zero-order chi connectivity index (χ0) is 41.1. The van der Waals surface area contributed by atoms with E-state index in [2.05, 4.69) is 206 Å². The predicted molar refractivity (Wildman–Crippen MR) is 256 cm³/mol. The summed E-state index contributed by atoms with van der Waals surface area (Å²) < 4.78 is 0. The zero-order valence-electron chi connectivity index (χ0n) is 36.1. The molecular formula is C59H58N2. The SMILES string of the molecule is CC1CCC(c2ccc(N(c3ccccc3)c3ccc(C4CC5CCC4C5)cc3)cc2)(c2ccc(N(c3ccccc3)c3ccc4c(c3)C(C)(C)c3ccccc3-4)cc2)CC1. The van der Waals surface area contributed by atoms with Gasteiger partial charge in [-0.15, -0.1) is 0 Å². The average Bonchev–Trinajstić information content (AvgIpc) is 4.01. The molecule has 3 unspecified atom stereocenters. The standard InChI is InChI=1S/C59H58N2/c1-41-34-36-59(37-35-41,45-22-28-50(29-23-45)60(47-12-6-4-7-13-47)49-26-20-43(21-27-49)55-39-42-18-19-44(55)38-42)46-24-30-51(31-25-46)61(48-14-8-5-9-15-48)52-32-33-54-53-16-10-11-17-56(53)58(2,3)57(54)40-52/h4-17,20-33,40-42,44,55H,18-19,34-39H2,1-3H3. The van der Waals surface area contributed by atoms with Crippen molar-refractivity contribution in [3.63, 3.8) is 0 Å². The van der Waals surface area contributed by atoms with E-state index in [-0.39, 0.29) is 10.8 Å². The number of benzene rings is 7. The molecule has 0 aromatic heterocycles. The van der Waals surface area contributed by atoms with E-state index in [4.69, 9.17) is 0 Å². The Kier molecular flexibility index (Phi) is 9.52. The lowest BCUT2D eigenvalue weighted by Gasteiger charge is -2.41. The lowest BCUT2D eigenvalue weighted by molar-refractivity contribution is 0.280. The third-order valence-corrected chi connectivity index (χ3v) is 15.7. The number of anilines is 6. The largest absolute Gasteiger partial charge is 0.311 e. The summed E-state index contributed by atoms with van der Waals surface area (Å²) in [5, 5.41) is 0. The van der Waals surface area contributed by atoms with E-state index in [9.17, 15) is 0 Å². The van der Waals surface area contributed by atoms with Gasteiger partial charge in [-0.25, -0.2) is 0 Å². The highest BCUT2D eigenvalue weighted by atomic mass is 15.1. The Labute approximate surface area is 363 Å². The molecular weight excluding hydrogens is 737 g/mol. The molecule has 3 saturated carbocycles. The van der Waals surface area contributed by atoms with Crippen LogP contribution in [0.15, 0.2) is 176 Å². The minimum absolute atomic E-state index is 0.0373. The average molecular weight is 795 g/mol. The van der Waals surface area contributed by atoms with Gasteiger partial charge in [0.25, 0.3) is 0 Å². The predicted octanol–water partition coefficient (Wildman–Crippen LogP) is 16.3. The minimum atomic E-state index is -0.0638. The molecule has 61 heavy (non-hydrogen) atoms. The number of hydrogen-bond donors (Lipinski definition) is 0. The van der Waals surface area contributed by atoms with E-state index >= 15 is 0 Å². The van der Waals surface area contributed by atoms with Crippen molar-refractivity contribution < 1.29 is 0 Å². The highest BCUT2D eigenvalue weighted by Gasteiger charge is 2.41. The van der Waals surface area contributed by atoms with Gasteiger partial charge in [0.15, 0.2) is 0 Å². The second-order valence-electron chi connectivity index (χ2n) is 19.5. The minimum Gasteiger partial charge on any atom is -0.311 e. The Hall–Kier alpha value is -5.86. The van der Waals surface area contributed by atoms with Crippen LogP contribution in [-0.4, -0.2) is 0 Å². The summed E-state index contributed by atoms with van der Waals surface area (Å²) in [6, 6.07) is 66.7. The summed E-state index contributed by atoms with van der Waals surface area (Å²) in [5.41, 5.74) is 17.0. The Balaban J connectivity index is 0.931. The van der Waals surface area contributed by atoms with Gasteiger partial charge in [0.2, 0.25) is 0 Å². The van der Waals surface area contributed by atoms with Crippen LogP contribution in [0.25, 0.3) is 11.1 Å². The molecule has 3 fully saturated rings. The van der Waals surface area contributed by atoms with Gasteiger partial charge in [0.05, 0.1) is 0 Å². The summed E-state index contributed by atoms with van der Waals surface area (Å²) in [6.07, 6.45) is 10.5. The summed E-state index contributed by atoms with van der Waals surface area (Å²) in [6.45, 7) is 7.18. The molecule has 0 aliphatic heterocycles. The molecule has 0 spiro atoms. The Bertz CT molecular complexity index is 2630. The highest BCUT2D eigenvalue weighted by molar-refractivity contribution is 5.85. The van der Waals surface area contributed by atoms with Gasteiger partial charge in [0, 0.05) is 45.0 Å². The summed E-state index contributed by atoms with van der Waals surface area (Å²) in [7, 11) is 0. The second-order valence-corrected chi connectivity index (χ2v) is 19.5. The van der Waals surface area contributed by atoms with Crippen molar-refractivity contribution in [1.29, 1.82) is 0 Å². The van der Waals surface area contributed by atoms with Gasteiger partial charge in [-0.2, -0.15) is 0 Å². The van der Waals surface area contributed by atoms with Gasteiger partial charge >= 0.3 is 0 Å². The fraction of sp³-hybridized carbons (Fsp3) is 0.288. The molecule has 7 aromatic carbocycles. The highest BCUT2D eigenvalue weighted by Crippen LogP contribution is 2.54. The lowest BCUT2D eigenvalue weighted by atomic mass is 9.63. The molecule has 7 aromatic rings. The third-order valence-electron chi connectivity index (χ3n) is 15.7. The molecule has 304 valence electrons. The van der Waals surface area contributed by atoms with Crippen LogP contribution in [0.4, 0.5) is 34.1 Å². The first-order chi connectivity index (χ1) is 29.9. The summed E-state index contributed by atoms with van der Waals surface area (Å²) in [5.74, 6) is 3.32. The van der Waals surface area contributed by atoms with E-state index in [1.807, 2.05) is 0 Å². The van der Waals surface area contributed by atoms with Crippen molar-refractivity contribution in [3.05, 3.63) is 204 Å². The number of para-hydroxylation sites is 2. The van der Waals surface area contributed by atoms with Gasteiger partial charge in [-0.3, -0.25) is 0 Å². The fourth-order valence-electron chi connectivity index (χ4n) is 12.3. The number of fused-ring (bicyclic) bond motifs is 5. The van der Waals surface area contributed by atoms with Gasteiger partial charge in [0.1, 0.15) is 0 Å². The molecule has 0 heterocycles. The first-order valence-corrected chi connectivity index (χ1v) is 23.1. The molecule has 3 atom stereocenters. The van der Waals surface area contributed by atoms with Crippen LogP contribution in [0.3, 0.4) is 0 Å². The van der Waals surface area contributed by atoms with Crippen molar-refractivity contribution in [3.8, 4) is 11.1 Å². The molecule has 0 saturated heterocycles. The van der Waals surface area contributed by atoms with Crippen molar-refractivity contribution in [2.45, 2.75) is 88.9 Å². The van der Waals surface area contributed by atoms with Crippen LogP contribution in [0, 0.1) is 17.8 Å². The Morgan fingerprint density at radius 2 is 0.934 bits per heavy atom. The van der Waals surface area contributed by atoms with Crippen LogP contribution in [0.1, 0.15) is 106 Å².